The number of ether oxygens (including phenoxy) is 1. The number of nitrogens with one attached hydrogen (secondary N) is 1. The highest BCUT2D eigenvalue weighted by atomic mass is 16.5. The molecule has 0 aliphatic carbocycles. The second-order valence-electron chi connectivity index (χ2n) is 5.13. The summed E-state index contributed by atoms with van der Waals surface area (Å²) >= 11 is 0. The summed E-state index contributed by atoms with van der Waals surface area (Å²) in [6, 6.07) is 1.71. The van der Waals surface area contributed by atoms with Gasteiger partial charge in [-0.25, -0.2) is 0 Å². The molecule has 0 amide bonds. The summed E-state index contributed by atoms with van der Waals surface area (Å²) in [6.45, 7) is 1.88. The monoisotopic (exact) mass is 226 g/mol. The van der Waals surface area contributed by atoms with Gasteiger partial charge in [-0.05, 0) is 39.7 Å². The molecule has 2 fully saturated rings. The molecule has 2 aliphatic rings. The lowest BCUT2D eigenvalue weighted by Gasteiger charge is -2.37. The van der Waals surface area contributed by atoms with Crippen molar-refractivity contribution >= 4 is 5.97 Å². The van der Waals surface area contributed by atoms with Gasteiger partial charge in [0.25, 0.3) is 0 Å². The summed E-state index contributed by atoms with van der Waals surface area (Å²) in [7, 11) is 3.67. The molecule has 0 aromatic carbocycles. The maximum Gasteiger partial charge on any atom is 0.322 e. The Morgan fingerprint density at radius 2 is 1.94 bits per heavy atom. The topological polar surface area (TPSA) is 41.6 Å². The molecule has 1 N–H and O–H groups in total. The molecule has 3 unspecified atom stereocenters. The Morgan fingerprint density at radius 3 is 2.44 bits per heavy atom. The smallest absolute Gasteiger partial charge is 0.322 e. The summed E-state index contributed by atoms with van der Waals surface area (Å²) in [5.74, 6) is -0.161. The number of methoxy groups -OCH3 is 1. The van der Waals surface area contributed by atoms with E-state index in [4.69, 9.17) is 4.74 Å². The minimum atomic E-state index is -0.183. The third kappa shape index (κ3) is 2.23. The van der Waals surface area contributed by atoms with Gasteiger partial charge in [-0.1, -0.05) is 0 Å². The molecule has 4 nitrogen and oxygen atoms in total. The van der Waals surface area contributed by atoms with Gasteiger partial charge in [0.1, 0.15) is 6.04 Å². The highest BCUT2D eigenvalue weighted by Crippen LogP contribution is 2.34. The summed E-state index contributed by atoms with van der Waals surface area (Å²) in [5, 5.41) is 3.39. The first-order valence-corrected chi connectivity index (χ1v) is 6.17. The normalized spacial score (nSPS) is 36.1. The first-order valence-electron chi connectivity index (χ1n) is 6.17. The lowest BCUT2D eigenvalue weighted by atomic mass is 9.97. The quantitative estimate of drug-likeness (QED) is 0.722. The number of fused-ring (bicyclic) bond motifs is 2. The number of hydrogen-bond acceptors (Lipinski definition) is 4. The maximum atomic E-state index is 11.3. The Balaban J connectivity index is 1.86. The zero-order chi connectivity index (χ0) is 11.7. The predicted octanol–water partition coefficient (Wildman–Crippen LogP) is 0.763. The van der Waals surface area contributed by atoms with E-state index in [2.05, 4.69) is 17.3 Å². The molecule has 2 bridgehead atoms. The second-order valence-corrected chi connectivity index (χ2v) is 5.13. The van der Waals surface area contributed by atoms with Gasteiger partial charge in [0, 0.05) is 18.1 Å². The number of carbonyl (C=O) groups excluding carboxylic acids is 1. The molecule has 0 radical (unpaired) electrons. The van der Waals surface area contributed by atoms with E-state index in [9.17, 15) is 4.79 Å². The van der Waals surface area contributed by atoms with Crippen LogP contribution in [-0.2, 0) is 9.53 Å². The van der Waals surface area contributed by atoms with Crippen LogP contribution < -0.4 is 5.32 Å². The Kier molecular flexibility index (Phi) is 3.50. The van der Waals surface area contributed by atoms with E-state index in [1.165, 1.54) is 20.0 Å². The van der Waals surface area contributed by atoms with E-state index in [0.717, 1.165) is 12.8 Å². The number of piperidine rings is 1. The molecule has 92 valence electrons. The maximum absolute atomic E-state index is 11.3. The van der Waals surface area contributed by atoms with Gasteiger partial charge in [0.2, 0.25) is 0 Å². The summed E-state index contributed by atoms with van der Waals surface area (Å²) < 4.78 is 4.73. The molecule has 2 rings (SSSR count). The standard InChI is InChI=1S/C12H22N2O2/c1-8(12(15)16-3)13-9-6-10-4-5-11(7-9)14(10)2/h8-11,13H,4-7H2,1-3H3. The van der Waals surface area contributed by atoms with E-state index in [1.54, 1.807) is 0 Å². The first kappa shape index (κ1) is 11.9. The third-order valence-corrected chi connectivity index (χ3v) is 4.14. The predicted molar refractivity (Wildman–Crippen MR) is 62.2 cm³/mol. The van der Waals surface area contributed by atoms with Gasteiger partial charge in [-0.2, -0.15) is 0 Å². The van der Waals surface area contributed by atoms with Crippen LogP contribution in [0.25, 0.3) is 0 Å². The van der Waals surface area contributed by atoms with Gasteiger partial charge in [-0.15, -0.1) is 0 Å². The molecule has 2 aliphatic heterocycles. The van der Waals surface area contributed by atoms with Crippen molar-refractivity contribution in [3.05, 3.63) is 0 Å². The molecule has 2 heterocycles. The van der Waals surface area contributed by atoms with Crippen molar-refractivity contribution in [2.45, 2.75) is 56.8 Å². The van der Waals surface area contributed by atoms with E-state index >= 15 is 0 Å². The fourth-order valence-corrected chi connectivity index (χ4v) is 3.15. The molecular formula is C12H22N2O2. The van der Waals surface area contributed by atoms with Crippen LogP contribution in [0.2, 0.25) is 0 Å². The summed E-state index contributed by atoms with van der Waals surface area (Å²) in [4.78, 5) is 13.8. The fourth-order valence-electron chi connectivity index (χ4n) is 3.15. The van der Waals surface area contributed by atoms with Crippen LogP contribution in [0.5, 0.6) is 0 Å². The average Bonchev–Trinajstić information content (AvgIpc) is 2.52. The number of nitrogens with zero attached hydrogens (tertiary/aromatic N) is 1. The average molecular weight is 226 g/mol. The SMILES string of the molecule is COC(=O)C(C)NC1CC2CCC(C1)N2C. The van der Waals surface area contributed by atoms with Crippen LogP contribution in [0, 0.1) is 0 Å². The largest absolute Gasteiger partial charge is 0.468 e. The molecule has 0 saturated carbocycles. The lowest BCUT2D eigenvalue weighted by molar-refractivity contribution is -0.143. The van der Waals surface area contributed by atoms with Crippen LogP contribution in [0.4, 0.5) is 0 Å². The molecule has 0 aromatic rings. The Morgan fingerprint density at radius 1 is 1.38 bits per heavy atom. The van der Waals surface area contributed by atoms with Crippen molar-refractivity contribution in [1.29, 1.82) is 0 Å². The van der Waals surface area contributed by atoms with Crippen molar-refractivity contribution in [2.24, 2.45) is 0 Å². The van der Waals surface area contributed by atoms with Crippen LogP contribution in [0.15, 0.2) is 0 Å². The molecule has 16 heavy (non-hydrogen) atoms. The van der Waals surface area contributed by atoms with Gasteiger partial charge in [0.15, 0.2) is 0 Å². The highest BCUT2D eigenvalue weighted by Gasteiger charge is 2.38. The van der Waals surface area contributed by atoms with Gasteiger partial charge in [-0.3, -0.25) is 4.79 Å². The Labute approximate surface area is 97.3 Å². The Hall–Kier alpha value is -0.610. The van der Waals surface area contributed by atoms with Crippen molar-refractivity contribution in [3.63, 3.8) is 0 Å². The minimum absolute atomic E-state index is 0.161. The second kappa shape index (κ2) is 4.72. The molecule has 4 heteroatoms. The molecular weight excluding hydrogens is 204 g/mol. The van der Waals surface area contributed by atoms with Crippen LogP contribution in [0.1, 0.15) is 32.6 Å². The Bertz CT molecular complexity index is 256. The van der Waals surface area contributed by atoms with Crippen molar-refractivity contribution in [3.8, 4) is 0 Å². The number of carbonyl (C=O) groups is 1. The van der Waals surface area contributed by atoms with Crippen LogP contribution >= 0.6 is 0 Å². The van der Waals surface area contributed by atoms with Gasteiger partial charge < -0.3 is 15.0 Å². The highest BCUT2D eigenvalue weighted by molar-refractivity contribution is 5.75. The van der Waals surface area contributed by atoms with E-state index in [1.807, 2.05) is 6.92 Å². The van der Waals surface area contributed by atoms with Crippen molar-refractivity contribution in [2.75, 3.05) is 14.2 Å². The summed E-state index contributed by atoms with van der Waals surface area (Å²) in [5.41, 5.74) is 0. The number of rotatable bonds is 3. The van der Waals surface area contributed by atoms with Crippen LogP contribution in [0.3, 0.4) is 0 Å². The van der Waals surface area contributed by atoms with E-state index in [0.29, 0.717) is 18.1 Å². The zero-order valence-electron chi connectivity index (χ0n) is 10.4. The van der Waals surface area contributed by atoms with Gasteiger partial charge in [0.05, 0.1) is 7.11 Å². The van der Waals surface area contributed by atoms with E-state index in [-0.39, 0.29) is 12.0 Å². The van der Waals surface area contributed by atoms with Gasteiger partial charge >= 0.3 is 5.97 Å². The van der Waals surface area contributed by atoms with Crippen molar-refractivity contribution in [1.82, 2.24) is 10.2 Å². The third-order valence-electron chi connectivity index (χ3n) is 4.14. The van der Waals surface area contributed by atoms with Crippen molar-refractivity contribution < 1.29 is 9.53 Å². The fraction of sp³-hybridized carbons (Fsp3) is 0.917. The molecule has 0 spiro atoms. The zero-order valence-corrected chi connectivity index (χ0v) is 10.4. The lowest BCUT2D eigenvalue weighted by Crippen LogP contribution is -2.51. The van der Waals surface area contributed by atoms with Crippen LogP contribution in [-0.4, -0.2) is 49.2 Å². The minimum Gasteiger partial charge on any atom is -0.468 e. The summed E-state index contributed by atoms with van der Waals surface area (Å²) in [6.07, 6.45) is 4.95. The molecule has 0 aromatic heterocycles. The molecule has 3 atom stereocenters. The number of hydrogen-bond donors (Lipinski definition) is 1. The molecule has 2 saturated heterocycles. The van der Waals surface area contributed by atoms with E-state index < -0.39 is 0 Å². The number of esters is 1. The first-order chi connectivity index (χ1) is 7.61.